The van der Waals surface area contributed by atoms with Gasteiger partial charge in [-0.2, -0.15) is 0 Å². The molecule has 2 nitrogen and oxygen atoms in total. The largest absolute Gasteiger partial charge is 0.496 e. The molecule has 0 aliphatic carbocycles. The van der Waals surface area contributed by atoms with Crippen LogP contribution in [-0.2, 0) is 6.54 Å². The summed E-state index contributed by atoms with van der Waals surface area (Å²) in [5.41, 5.74) is 10.4. The van der Waals surface area contributed by atoms with E-state index < -0.39 is 0 Å². The van der Waals surface area contributed by atoms with Crippen molar-refractivity contribution in [3.63, 3.8) is 0 Å². The third kappa shape index (κ3) is 2.32. The van der Waals surface area contributed by atoms with Crippen LogP contribution in [0, 0.1) is 6.92 Å². The Bertz CT molecular complexity index is 520. The second-order valence-corrected chi connectivity index (χ2v) is 4.05. The minimum atomic E-state index is 0.564. The van der Waals surface area contributed by atoms with Crippen molar-refractivity contribution in [1.82, 2.24) is 0 Å². The van der Waals surface area contributed by atoms with Gasteiger partial charge in [0.25, 0.3) is 0 Å². The molecule has 2 rings (SSSR count). The van der Waals surface area contributed by atoms with Crippen LogP contribution in [0.25, 0.3) is 11.1 Å². The van der Waals surface area contributed by atoms with Crippen LogP contribution < -0.4 is 10.5 Å². The Morgan fingerprint density at radius 3 is 2.59 bits per heavy atom. The minimum absolute atomic E-state index is 0.564. The molecule has 2 N–H and O–H groups in total. The number of methoxy groups -OCH3 is 1. The summed E-state index contributed by atoms with van der Waals surface area (Å²) in [7, 11) is 1.69. The number of benzene rings is 2. The van der Waals surface area contributed by atoms with Gasteiger partial charge in [-0.15, -0.1) is 0 Å². The van der Waals surface area contributed by atoms with Crippen LogP contribution >= 0.6 is 0 Å². The van der Waals surface area contributed by atoms with E-state index in [2.05, 4.69) is 31.2 Å². The molecule has 0 radical (unpaired) electrons. The average Bonchev–Trinajstić information content (AvgIpc) is 2.39. The first kappa shape index (κ1) is 11.7. The molecule has 0 saturated carbocycles. The lowest BCUT2D eigenvalue weighted by Gasteiger charge is -2.10. The number of aryl methyl sites for hydroxylation is 1. The van der Waals surface area contributed by atoms with Gasteiger partial charge < -0.3 is 10.5 Å². The number of nitrogens with two attached hydrogens (primary N) is 1. The van der Waals surface area contributed by atoms with E-state index in [1.807, 2.05) is 18.2 Å². The summed E-state index contributed by atoms with van der Waals surface area (Å²) in [5.74, 6) is 0.888. The van der Waals surface area contributed by atoms with Crippen molar-refractivity contribution in [3.8, 4) is 16.9 Å². The molecule has 0 fully saturated rings. The zero-order valence-electron chi connectivity index (χ0n) is 10.2. The number of rotatable bonds is 3. The molecule has 0 unspecified atom stereocenters. The number of hydrogen-bond donors (Lipinski definition) is 1. The zero-order valence-corrected chi connectivity index (χ0v) is 10.2. The van der Waals surface area contributed by atoms with Crippen molar-refractivity contribution in [1.29, 1.82) is 0 Å². The maximum absolute atomic E-state index is 5.74. The van der Waals surface area contributed by atoms with Crippen molar-refractivity contribution < 1.29 is 4.74 Å². The van der Waals surface area contributed by atoms with Gasteiger partial charge in [0.2, 0.25) is 0 Å². The Hall–Kier alpha value is -1.80. The molecule has 0 aliphatic heterocycles. The van der Waals surface area contributed by atoms with Gasteiger partial charge in [-0.1, -0.05) is 30.3 Å². The molecule has 88 valence electrons. The summed E-state index contributed by atoms with van der Waals surface area (Å²) in [6.07, 6.45) is 0. The first-order valence-electron chi connectivity index (χ1n) is 5.69. The highest BCUT2D eigenvalue weighted by Crippen LogP contribution is 2.30. The number of hydrogen-bond acceptors (Lipinski definition) is 2. The SMILES string of the molecule is COc1ccccc1-c1ccc(C)c(CN)c1. The fraction of sp³-hybridized carbons (Fsp3) is 0.200. The summed E-state index contributed by atoms with van der Waals surface area (Å²) in [6, 6.07) is 14.4. The van der Waals surface area contributed by atoms with E-state index in [9.17, 15) is 0 Å². The Morgan fingerprint density at radius 1 is 1.12 bits per heavy atom. The molecule has 0 saturated heterocycles. The van der Waals surface area contributed by atoms with E-state index in [4.69, 9.17) is 10.5 Å². The molecule has 0 heterocycles. The van der Waals surface area contributed by atoms with Gasteiger partial charge in [0, 0.05) is 12.1 Å². The number of para-hydroxylation sites is 1. The second-order valence-electron chi connectivity index (χ2n) is 4.05. The van der Waals surface area contributed by atoms with Crippen LogP contribution in [-0.4, -0.2) is 7.11 Å². The van der Waals surface area contributed by atoms with E-state index in [0.29, 0.717) is 6.54 Å². The lowest BCUT2D eigenvalue weighted by atomic mass is 9.99. The number of ether oxygens (including phenoxy) is 1. The van der Waals surface area contributed by atoms with Gasteiger partial charge in [0.15, 0.2) is 0 Å². The van der Waals surface area contributed by atoms with Crippen molar-refractivity contribution >= 4 is 0 Å². The van der Waals surface area contributed by atoms with Crippen LogP contribution in [0.5, 0.6) is 5.75 Å². The highest BCUT2D eigenvalue weighted by atomic mass is 16.5. The van der Waals surface area contributed by atoms with E-state index in [0.717, 1.165) is 16.9 Å². The summed E-state index contributed by atoms with van der Waals surface area (Å²) in [4.78, 5) is 0. The van der Waals surface area contributed by atoms with Crippen molar-refractivity contribution in [2.75, 3.05) is 7.11 Å². The summed E-state index contributed by atoms with van der Waals surface area (Å²) in [6.45, 7) is 2.64. The second kappa shape index (κ2) is 5.02. The standard InChI is InChI=1S/C15H17NO/c1-11-7-8-12(9-13(11)10-16)14-5-3-4-6-15(14)17-2/h3-9H,10,16H2,1-2H3. The van der Waals surface area contributed by atoms with Gasteiger partial charge in [-0.05, 0) is 35.7 Å². The summed E-state index contributed by atoms with van der Waals surface area (Å²) in [5, 5.41) is 0. The van der Waals surface area contributed by atoms with Gasteiger partial charge in [0.1, 0.15) is 5.75 Å². The van der Waals surface area contributed by atoms with Crippen LogP contribution in [0.15, 0.2) is 42.5 Å². The molecular formula is C15H17NO. The Balaban J connectivity index is 2.53. The lowest BCUT2D eigenvalue weighted by molar-refractivity contribution is 0.416. The fourth-order valence-corrected chi connectivity index (χ4v) is 1.94. The molecule has 0 amide bonds. The third-order valence-corrected chi connectivity index (χ3v) is 2.99. The van der Waals surface area contributed by atoms with Crippen molar-refractivity contribution in [2.45, 2.75) is 13.5 Å². The molecule has 0 spiro atoms. The van der Waals surface area contributed by atoms with E-state index in [1.54, 1.807) is 7.11 Å². The summed E-state index contributed by atoms with van der Waals surface area (Å²) < 4.78 is 5.37. The zero-order chi connectivity index (χ0) is 12.3. The van der Waals surface area contributed by atoms with Gasteiger partial charge in [-0.3, -0.25) is 0 Å². The molecule has 2 aromatic rings. The highest BCUT2D eigenvalue weighted by Gasteiger charge is 2.06. The monoisotopic (exact) mass is 227 g/mol. The molecule has 0 atom stereocenters. The summed E-state index contributed by atoms with van der Waals surface area (Å²) >= 11 is 0. The molecule has 17 heavy (non-hydrogen) atoms. The minimum Gasteiger partial charge on any atom is -0.496 e. The molecule has 0 aliphatic rings. The topological polar surface area (TPSA) is 35.2 Å². The lowest BCUT2D eigenvalue weighted by Crippen LogP contribution is -1.99. The molecular weight excluding hydrogens is 210 g/mol. The van der Waals surface area contributed by atoms with E-state index in [1.165, 1.54) is 11.1 Å². The molecule has 2 heteroatoms. The highest BCUT2D eigenvalue weighted by molar-refractivity contribution is 5.71. The first-order valence-corrected chi connectivity index (χ1v) is 5.69. The Kier molecular flexibility index (Phi) is 3.45. The smallest absolute Gasteiger partial charge is 0.126 e. The van der Waals surface area contributed by atoms with Gasteiger partial charge in [-0.25, -0.2) is 0 Å². The predicted octanol–water partition coefficient (Wildman–Crippen LogP) is 3.13. The average molecular weight is 227 g/mol. The molecule has 0 aromatic heterocycles. The Labute approximate surface area is 102 Å². The van der Waals surface area contributed by atoms with Gasteiger partial charge in [0.05, 0.1) is 7.11 Å². The van der Waals surface area contributed by atoms with Crippen LogP contribution in [0.4, 0.5) is 0 Å². The maximum atomic E-state index is 5.74. The maximum Gasteiger partial charge on any atom is 0.126 e. The third-order valence-electron chi connectivity index (χ3n) is 2.99. The Morgan fingerprint density at radius 2 is 1.88 bits per heavy atom. The molecule has 0 bridgehead atoms. The molecule has 2 aromatic carbocycles. The van der Waals surface area contributed by atoms with E-state index in [-0.39, 0.29) is 0 Å². The van der Waals surface area contributed by atoms with Crippen LogP contribution in [0.3, 0.4) is 0 Å². The van der Waals surface area contributed by atoms with Crippen molar-refractivity contribution in [3.05, 3.63) is 53.6 Å². The quantitative estimate of drug-likeness (QED) is 0.874. The van der Waals surface area contributed by atoms with Crippen LogP contribution in [0.1, 0.15) is 11.1 Å². The fourth-order valence-electron chi connectivity index (χ4n) is 1.94. The predicted molar refractivity (Wildman–Crippen MR) is 71.1 cm³/mol. The van der Waals surface area contributed by atoms with E-state index >= 15 is 0 Å². The first-order chi connectivity index (χ1) is 8.26. The van der Waals surface area contributed by atoms with Crippen molar-refractivity contribution in [2.24, 2.45) is 5.73 Å². The normalized spacial score (nSPS) is 10.3. The van der Waals surface area contributed by atoms with Gasteiger partial charge >= 0.3 is 0 Å². The van der Waals surface area contributed by atoms with Crippen LogP contribution in [0.2, 0.25) is 0 Å².